The van der Waals surface area contributed by atoms with E-state index in [4.69, 9.17) is 0 Å². The Morgan fingerprint density at radius 2 is 0.542 bits per heavy atom. The molecule has 4 fully saturated rings. The van der Waals surface area contributed by atoms with E-state index in [1.54, 1.807) is 127 Å². The first-order valence-electron chi connectivity index (χ1n) is 47.2. The van der Waals surface area contributed by atoms with Crippen LogP contribution in [0.3, 0.4) is 0 Å². The van der Waals surface area contributed by atoms with Crippen molar-refractivity contribution in [1.29, 1.82) is 0 Å². The van der Waals surface area contributed by atoms with Crippen LogP contribution in [0.2, 0.25) is 0 Å². The minimum Gasteiger partial charge on any atom is -0.393 e. The highest BCUT2D eigenvalue weighted by Crippen LogP contribution is 2.49. The molecule has 1 aliphatic heterocycles. The van der Waals surface area contributed by atoms with Crippen LogP contribution in [0, 0.1) is 111 Å². The van der Waals surface area contributed by atoms with Crippen molar-refractivity contribution in [1.82, 2.24) is 4.90 Å². The van der Waals surface area contributed by atoms with E-state index in [9.17, 15) is 91.2 Å². The van der Waals surface area contributed by atoms with Crippen molar-refractivity contribution in [3.05, 3.63) is 533 Å². The number of rotatable bonds is 18. The van der Waals surface area contributed by atoms with Gasteiger partial charge in [-0.1, -0.05) is 231 Å². The van der Waals surface area contributed by atoms with Gasteiger partial charge in [-0.2, -0.15) is 0 Å². The second-order valence-electron chi connectivity index (χ2n) is 36.0. The smallest absolute Gasteiger partial charge is 0.261 e. The van der Waals surface area contributed by atoms with Crippen molar-refractivity contribution in [2.24, 2.45) is 29.6 Å². The summed E-state index contributed by atoms with van der Waals surface area (Å²) in [5, 5.41) is 30.4. The summed E-state index contributed by atoms with van der Waals surface area (Å²) in [5.41, 5.74) is 10.3. The summed E-state index contributed by atoms with van der Waals surface area (Å²) in [5.74, 6) is -4.59. The van der Waals surface area contributed by atoms with E-state index >= 15 is 0 Å². The number of fused-ring (bicyclic) bond motifs is 1. The summed E-state index contributed by atoms with van der Waals surface area (Å²) < 4.78 is 187. The van der Waals surface area contributed by atoms with E-state index in [0.29, 0.717) is 58.8 Å². The van der Waals surface area contributed by atoms with Gasteiger partial charge in [-0.15, -0.1) is 0 Å². The molecule has 8 unspecified atom stereocenters. The molecule has 142 heavy (non-hydrogen) atoms. The Balaban J connectivity index is 0.000000140. The van der Waals surface area contributed by atoms with Crippen LogP contribution in [0.1, 0.15) is 212 Å². The third kappa shape index (κ3) is 29.6. The zero-order valence-electron chi connectivity index (χ0n) is 77.6. The second kappa shape index (κ2) is 51.8. The first-order chi connectivity index (χ1) is 68.5. The van der Waals surface area contributed by atoms with Gasteiger partial charge >= 0.3 is 0 Å². The van der Waals surface area contributed by atoms with E-state index in [-0.39, 0.29) is 129 Å². The average Bonchev–Trinajstić information content (AvgIpc) is 1.60. The van der Waals surface area contributed by atoms with Crippen LogP contribution in [-0.2, 0) is 6.42 Å². The molecule has 2 amide bonds. The van der Waals surface area contributed by atoms with E-state index in [2.05, 4.69) is 22.9 Å². The van der Waals surface area contributed by atoms with Crippen molar-refractivity contribution in [2.75, 3.05) is 0 Å². The Bertz CT molecular complexity index is 6120. The fourth-order valence-corrected chi connectivity index (χ4v) is 20.4. The summed E-state index contributed by atoms with van der Waals surface area (Å²) in [7, 11) is 0. The van der Waals surface area contributed by atoms with Gasteiger partial charge in [0.15, 0.2) is 0 Å². The van der Waals surface area contributed by atoms with Gasteiger partial charge in [0, 0.05) is 39.7 Å². The molecule has 0 spiro atoms. The summed E-state index contributed by atoms with van der Waals surface area (Å²) in [6, 6.07) is 94.0. The molecule has 15 aromatic carbocycles. The van der Waals surface area contributed by atoms with Gasteiger partial charge in [0.05, 0.1) is 23.3 Å². The van der Waals surface area contributed by atoms with Crippen LogP contribution < -0.4 is 0 Å². The quantitative estimate of drug-likeness (QED) is 0.0448. The Morgan fingerprint density at radius 3 is 0.810 bits per heavy atom. The molecule has 0 radical (unpaired) electrons. The maximum atomic E-state index is 14.1. The summed E-state index contributed by atoms with van der Waals surface area (Å²) in [6.45, 7) is 2.25. The van der Waals surface area contributed by atoms with Crippen LogP contribution in [0.15, 0.2) is 368 Å². The van der Waals surface area contributed by atoms with Gasteiger partial charge in [-0.25, -0.2) is 61.5 Å². The molecule has 8 atom stereocenters. The number of carbonyl (C=O) groups is 3. The van der Waals surface area contributed by atoms with E-state index in [0.717, 1.165) is 118 Å². The predicted octanol–water partition coefficient (Wildman–Crippen LogP) is 30.4. The number of halogens is 15. The summed E-state index contributed by atoms with van der Waals surface area (Å²) in [4.78, 5) is 37.6. The number of imide groups is 1. The fraction of sp³-hybridized carbons (Fsp3) is 0.225. The first kappa shape index (κ1) is 106. The molecule has 4 saturated carbocycles. The van der Waals surface area contributed by atoms with Gasteiger partial charge < -0.3 is 15.3 Å². The maximum Gasteiger partial charge on any atom is 0.261 e. The fourth-order valence-electron chi connectivity index (χ4n) is 20.0. The number of hydrogen-bond donors (Lipinski definition) is 3. The third-order valence-electron chi connectivity index (χ3n) is 26.3. The summed E-state index contributed by atoms with van der Waals surface area (Å²) >= 11 is 3.12. The van der Waals surface area contributed by atoms with Crippen LogP contribution in [0.4, 0.5) is 61.5 Å². The van der Waals surface area contributed by atoms with Crippen molar-refractivity contribution < 1.29 is 91.2 Å². The monoisotopic (exact) mass is 2000 g/mol. The largest absolute Gasteiger partial charge is 0.393 e. The highest BCUT2D eigenvalue weighted by molar-refractivity contribution is 9.10. The number of hydrogen-bond acceptors (Lipinski definition) is 6. The molecule has 15 aromatic rings. The molecule has 5 aliphatic rings. The molecule has 0 aromatic heterocycles. The predicted molar refractivity (Wildman–Crippen MR) is 528 cm³/mol. The molecule has 4 aliphatic carbocycles. The molecule has 0 saturated heterocycles. The first-order valence-corrected chi connectivity index (χ1v) is 48.0. The SMILES string of the molecule is CC1CCCC1C(c1cccc(F)c1)c1cccc(F)c1.Fc1cccc(Br)c1.Fc1cccc(Cc2cccc(F)c2)c1.O=C1c2ccccc2C(=O)N1C1CCCC1C(c1cccc(F)c1)c1cccc(F)c1.O=Cc1cccc(F)c1.OC(c1cccc(F)c1)c1cccc(F)c1.OC1CCCC1C(c1cccc(F)c1)c1cccc(F)c1.OC1CCCC1C(c1cccc(F)c1)c1cccc(F)c1. The average molecular weight is 2000 g/mol. The molecule has 22 heteroatoms. The Labute approximate surface area is 826 Å². The van der Waals surface area contributed by atoms with E-state index in [1.807, 2.05) is 60.7 Å². The maximum absolute atomic E-state index is 14.1. The standard InChI is InChI=1S/C26H21F2NO2.C19H20F2.2C18H18F2O.C13H10F2O.C13H10F2.C7H5FO.C6H4BrF/c27-18-8-3-6-16(14-18)24(17-7-4-9-19(28)15-17)22-12-5-13-23(22)29-25(30)20-10-1-2-11-21(20)26(29)31;1-13-5-2-10-18(13)19(14-6-3-8-16(20)11-14)15-7-4-9-17(21)12-15;2*19-14-6-1-4-12(10-14)18(16-8-3-9-17(16)21)13-5-2-7-15(20)11-13;14-11-5-1-3-9(7-11)13(16)10-4-2-6-12(15)8-10;14-12-5-1-3-10(8-12)7-11-4-2-6-13(15)9-11;8-7-3-1-2-6(4-7)5-9;7-5-2-1-3-6(8)4-5/h1-4,6-11,14-15,22-24H,5,12-13H2;3-4,6-9,11-13,18-19H,2,5,10H2,1H3;2*1-2,4-7,10-11,16-18,21H,3,8-9H2;1-8,13,16H;1-6,8-9H,7H2;1-5H;1-4H. The number of aldehydes is 1. The highest BCUT2D eigenvalue weighted by Gasteiger charge is 2.48. The number of aliphatic hydroxyl groups is 3. The lowest BCUT2D eigenvalue weighted by atomic mass is 9.76. The molecule has 20 rings (SSSR count). The minimum absolute atomic E-state index is 0.00796. The zero-order valence-corrected chi connectivity index (χ0v) is 79.2. The van der Waals surface area contributed by atoms with Crippen LogP contribution in [0.25, 0.3) is 0 Å². The topological polar surface area (TPSA) is 115 Å². The molecule has 0 bridgehead atoms. The van der Waals surface area contributed by atoms with Crippen molar-refractivity contribution in [2.45, 2.75) is 138 Å². The van der Waals surface area contributed by atoms with Crippen molar-refractivity contribution in [3.63, 3.8) is 0 Å². The van der Waals surface area contributed by atoms with Gasteiger partial charge in [0.1, 0.15) is 93.8 Å². The molecule has 1 heterocycles. The number of nitrogens with zero attached hydrogens (tertiary/aromatic N) is 1. The summed E-state index contributed by atoms with van der Waals surface area (Å²) in [6.07, 6.45) is 10.3. The molecule has 3 N–H and O–H groups in total. The minimum atomic E-state index is -1.01. The van der Waals surface area contributed by atoms with Crippen molar-refractivity contribution >= 4 is 34.0 Å². The lowest BCUT2D eigenvalue weighted by Crippen LogP contribution is -2.43. The Kier molecular flexibility index (Phi) is 38.6. The van der Waals surface area contributed by atoms with Crippen LogP contribution >= 0.6 is 15.9 Å². The molecule has 7 nitrogen and oxygen atoms in total. The van der Waals surface area contributed by atoms with Gasteiger partial charge in [0.2, 0.25) is 0 Å². The highest BCUT2D eigenvalue weighted by atomic mass is 79.9. The second-order valence-corrected chi connectivity index (χ2v) is 36.9. The number of amides is 2. The van der Waals surface area contributed by atoms with Gasteiger partial charge in [0.25, 0.3) is 11.8 Å². The number of aliphatic hydroxyl groups excluding tert-OH is 3. The Morgan fingerprint density at radius 1 is 0.289 bits per heavy atom. The number of benzene rings is 15. The van der Waals surface area contributed by atoms with Crippen LogP contribution in [-0.4, -0.2) is 56.6 Å². The molecule has 732 valence electrons. The van der Waals surface area contributed by atoms with Crippen molar-refractivity contribution in [3.8, 4) is 0 Å². The lowest BCUT2D eigenvalue weighted by molar-refractivity contribution is 0.0540. The molecular weight excluding hydrogens is 1900 g/mol. The normalized spacial score (nSPS) is 17.6. The third-order valence-corrected chi connectivity index (χ3v) is 26.8. The van der Waals surface area contributed by atoms with E-state index in [1.165, 1.54) is 194 Å². The Hall–Kier alpha value is -13.5. The number of carbonyl (C=O) groups excluding carboxylic acids is 3. The van der Waals surface area contributed by atoms with E-state index < -0.39 is 29.9 Å². The van der Waals surface area contributed by atoms with Gasteiger partial charge in [-0.3, -0.25) is 19.3 Å². The van der Waals surface area contributed by atoms with Crippen LogP contribution in [0.5, 0.6) is 0 Å². The van der Waals surface area contributed by atoms with Gasteiger partial charge in [-0.05, 0) is 336 Å². The lowest BCUT2D eigenvalue weighted by Gasteiger charge is -2.34. The molecular formula is C120H106BrF14NO6. The zero-order chi connectivity index (χ0) is 101.